The molecule has 0 bridgehead atoms. The number of quaternary nitrogens is 1. The Kier molecular flexibility index (Phi) is 6.08. The van der Waals surface area contributed by atoms with Crippen molar-refractivity contribution in [3.05, 3.63) is 0 Å². The molecule has 2 atom stereocenters. The van der Waals surface area contributed by atoms with E-state index in [9.17, 15) is 14.7 Å². The second-order valence-electron chi connectivity index (χ2n) is 5.01. The fraction of sp³-hybridized carbons (Fsp3) is 0.800. The van der Waals surface area contributed by atoms with Crippen molar-refractivity contribution in [2.45, 2.75) is 18.6 Å². The van der Waals surface area contributed by atoms with Crippen molar-refractivity contribution in [3.63, 3.8) is 0 Å². The zero-order valence-corrected chi connectivity index (χ0v) is 10.3. The van der Waals surface area contributed by atoms with Gasteiger partial charge in [0, 0.05) is 13.0 Å². The van der Waals surface area contributed by atoms with Gasteiger partial charge in [-0.1, -0.05) is 0 Å². The zero-order valence-electron chi connectivity index (χ0n) is 10.3. The number of hydrogen-bond donors (Lipinski definition) is 3. The van der Waals surface area contributed by atoms with Gasteiger partial charge in [-0.2, -0.15) is 0 Å². The number of aliphatic carboxylic acids is 2. The fourth-order valence-corrected chi connectivity index (χ4v) is 1.29. The third-order valence-corrected chi connectivity index (χ3v) is 2.01. The third kappa shape index (κ3) is 8.61. The van der Waals surface area contributed by atoms with Gasteiger partial charge in [-0.3, -0.25) is 4.79 Å². The lowest BCUT2D eigenvalue weighted by Crippen LogP contribution is -2.45. The highest BCUT2D eigenvalue weighted by atomic mass is 16.4. The Balaban J connectivity index is 0.000000304. The molecule has 1 saturated heterocycles. The van der Waals surface area contributed by atoms with E-state index in [1.807, 2.05) is 0 Å². The van der Waals surface area contributed by atoms with E-state index in [0.717, 1.165) is 0 Å². The first-order valence-electron chi connectivity index (χ1n) is 5.26. The highest BCUT2D eigenvalue weighted by Crippen LogP contribution is 2.05. The van der Waals surface area contributed by atoms with Crippen molar-refractivity contribution in [2.75, 3.05) is 34.2 Å². The van der Waals surface area contributed by atoms with Gasteiger partial charge in [-0.05, 0) is 0 Å². The molecule has 0 amide bonds. The Hall–Kier alpha value is -1.18. The molecule has 100 valence electrons. The van der Waals surface area contributed by atoms with Crippen LogP contribution in [0.1, 0.15) is 6.42 Å². The molecule has 0 radical (unpaired) electrons. The number of carbonyl (C=O) groups excluding carboxylic acids is 1. The van der Waals surface area contributed by atoms with E-state index in [1.165, 1.54) is 0 Å². The fourth-order valence-electron chi connectivity index (χ4n) is 1.29. The monoisotopic (exact) mass is 248 g/mol. The van der Waals surface area contributed by atoms with Gasteiger partial charge in [0.15, 0.2) is 0 Å². The number of rotatable bonds is 3. The number of carbonyl (C=O) groups is 2. The Morgan fingerprint density at radius 2 is 1.94 bits per heavy atom. The molecule has 0 aromatic rings. The number of likely N-dealkylation sites (N-methyl/N-ethyl adjacent to an activating group) is 1. The van der Waals surface area contributed by atoms with Crippen LogP contribution >= 0.6 is 0 Å². The molecule has 1 aliphatic heterocycles. The minimum atomic E-state index is -1.00. The minimum absolute atomic E-state index is 0.0694. The SMILES string of the molecule is C[N+](C)(C)CC(=O)[O-].O=C(O)[C@H]1CC(O)CN1. The van der Waals surface area contributed by atoms with Crippen molar-refractivity contribution in [1.29, 1.82) is 0 Å². The van der Waals surface area contributed by atoms with Gasteiger partial charge in [-0.15, -0.1) is 0 Å². The summed E-state index contributed by atoms with van der Waals surface area (Å²) in [5.41, 5.74) is 0. The summed E-state index contributed by atoms with van der Waals surface area (Å²) >= 11 is 0. The number of aliphatic hydroxyl groups excluding tert-OH is 1. The molecule has 1 unspecified atom stereocenters. The summed E-state index contributed by atoms with van der Waals surface area (Å²) in [5, 5.41) is 29.7. The molecule has 17 heavy (non-hydrogen) atoms. The first kappa shape index (κ1) is 15.8. The quantitative estimate of drug-likeness (QED) is 0.467. The molecule has 0 aliphatic carbocycles. The summed E-state index contributed by atoms with van der Waals surface area (Å²) in [7, 11) is 5.40. The maximum Gasteiger partial charge on any atom is 0.320 e. The number of hydrogen-bond acceptors (Lipinski definition) is 5. The van der Waals surface area contributed by atoms with Gasteiger partial charge in [0.25, 0.3) is 0 Å². The van der Waals surface area contributed by atoms with Crippen LogP contribution in [0, 0.1) is 0 Å². The minimum Gasteiger partial charge on any atom is -0.544 e. The lowest BCUT2D eigenvalue weighted by Gasteiger charge is -2.23. The van der Waals surface area contributed by atoms with Crippen LogP contribution in [-0.4, -0.2) is 73.0 Å². The maximum atomic E-state index is 10.2. The number of β-amino-alcohol motifs (C(OH)–C–C–N with tert-alkyl or cyclic N) is 1. The predicted octanol–water partition coefficient (Wildman–Crippen LogP) is -2.76. The molecule has 1 heterocycles. The van der Waals surface area contributed by atoms with Crippen LogP contribution in [0.5, 0.6) is 0 Å². The summed E-state index contributed by atoms with van der Waals surface area (Å²) in [6.07, 6.45) is -0.152. The van der Waals surface area contributed by atoms with Crippen molar-refractivity contribution in [3.8, 4) is 0 Å². The predicted molar refractivity (Wildman–Crippen MR) is 58.0 cm³/mol. The van der Waals surface area contributed by atoms with Crippen LogP contribution in [-0.2, 0) is 9.59 Å². The number of nitrogens with one attached hydrogen (secondary N) is 1. The van der Waals surface area contributed by atoms with E-state index >= 15 is 0 Å². The van der Waals surface area contributed by atoms with Crippen LogP contribution in [0.2, 0.25) is 0 Å². The number of nitrogens with zero attached hydrogens (tertiary/aromatic N) is 1. The average molecular weight is 248 g/mol. The van der Waals surface area contributed by atoms with Crippen LogP contribution in [0.15, 0.2) is 0 Å². The second-order valence-corrected chi connectivity index (χ2v) is 5.01. The first-order chi connectivity index (χ1) is 7.61. The van der Waals surface area contributed by atoms with E-state index in [4.69, 9.17) is 10.2 Å². The summed E-state index contributed by atoms with van der Waals surface area (Å²) < 4.78 is 0.419. The van der Waals surface area contributed by atoms with Crippen LogP contribution in [0.3, 0.4) is 0 Å². The molecular weight excluding hydrogens is 228 g/mol. The first-order valence-corrected chi connectivity index (χ1v) is 5.26. The van der Waals surface area contributed by atoms with E-state index in [2.05, 4.69) is 5.32 Å². The molecule has 7 nitrogen and oxygen atoms in total. The Labute approximate surface area is 100 Å². The van der Waals surface area contributed by atoms with E-state index < -0.39 is 24.1 Å². The average Bonchev–Trinajstić information content (AvgIpc) is 2.47. The normalized spacial score (nSPS) is 23.8. The molecule has 0 aromatic carbocycles. The molecule has 3 N–H and O–H groups in total. The second kappa shape index (κ2) is 6.53. The standard InChI is InChI=1S/C5H9NO3.C5H11NO2/c7-3-1-4(5(8)9)6-2-3;1-6(2,3)4-5(7)8/h3-4,6-7H,1-2H2,(H,8,9);4H2,1-3H3/t3?,4-;/m1./s1. The van der Waals surface area contributed by atoms with Gasteiger partial charge in [0.05, 0.1) is 33.2 Å². The topological polar surface area (TPSA) is 110 Å². The zero-order chi connectivity index (χ0) is 13.6. The number of aliphatic hydroxyl groups is 1. The highest BCUT2D eigenvalue weighted by molar-refractivity contribution is 5.73. The van der Waals surface area contributed by atoms with Crippen LogP contribution in [0.25, 0.3) is 0 Å². The lowest BCUT2D eigenvalue weighted by molar-refractivity contribution is -0.864. The molecule has 0 spiro atoms. The molecule has 0 saturated carbocycles. The summed E-state index contributed by atoms with van der Waals surface area (Å²) in [6, 6.07) is -0.542. The van der Waals surface area contributed by atoms with Crippen LogP contribution in [0.4, 0.5) is 0 Å². The summed E-state index contributed by atoms with van der Waals surface area (Å²) in [5.74, 6) is -1.89. The van der Waals surface area contributed by atoms with Crippen molar-refractivity contribution in [2.24, 2.45) is 0 Å². The smallest absolute Gasteiger partial charge is 0.320 e. The molecule has 1 aliphatic rings. The van der Waals surface area contributed by atoms with E-state index in [-0.39, 0.29) is 6.54 Å². The largest absolute Gasteiger partial charge is 0.544 e. The molecule has 7 heteroatoms. The number of carboxylic acids is 2. The molecule has 1 rings (SSSR count). The van der Waals surface area contributed by atoms with E-state index in [1.54, 1.807) is 21.1 Å². The highest BCUT2D eigenvalue weighted by Gasteiger charge is 2.27. The lowest BCUT2D eigenvalue weighted by atomic mass is 10.2. The third-order valence-electron chi connectivity index (χ3n) is 2.01. The Bertz CT molecular complexity index is 274. The van der Waals surface area contributed by atoms with Crippen LogP contribution < -0.4 is 10.4 Å². The molecule has 0 aromatic heterocycles. The van der Waals surface area contributed by atoms with Gasteiger partial charge in [-0.25, -0.2) is 0 Å². The summed E-state index contributed by atoms with van der Waals surface area (Å²) in [4.78, 5) is 20.1. The van der Waals surface area contributed by atoms with Gasteiger partial charge in [0.1, 0.15) is 12.6 Å². The molecular formula is C10H20N2O5. The Morgan fingerprint density at radius 1 is 1.41 bits per heavy atom. The van der Waals surface area contributed by atoms with Crippen molar-refractivity contribution in [1.82, 2.24) is 5.32 Å². The van der Waals surface area contributed by atoms with Crippen molar-refractivity contribution >= 4 is 11.9 Å². The molecule has 1 fully saturated rings. The van der Waals surface area contributed by atoms with Crippen molar-refractivity contribution < 1.29 is 29.4 Å². The van der Waals surface area contributed by atoms with Gasteiger partial charge >= 0.3 is 5.97 Å². The summed E-state index contributed by atoms with van der Waals surface area (Å²) in [6.45, 7) is 0.469. The Morgan fingerprint density at radius 3 is 2.06 bits per heavy atom. The maximum absolute atomic E-state index is 10.2. The van der Waals surface area contributed by atoms with Gasteiger partial charge in [0.2, 0.25) is 0 Å². The van der Waals surface area contributed by atoms with Gasteiger partial charge < -0.3 is 29.9 Å². The number of carboxylic acid groups (broad SMARTS) is 2. The van der Waals surface area contributed by atoms with E-state index in [0.29, 0.717) is 17.4 Å².